The standard InChI is InChI=1S/C18H17FN4O2/c1-22(11-12-25-17-10-6-5-9-15(17)19)18(24)16-13-23(21-20-16)14-7-3-2-4-8-14/h2-10,13H,11-12H2,1H3. The summed E-state index contributed by atoms with van der Waals surface area (Å²) in [4.78, 5) is 13.8. The van der Waals surface area contributed by atoms with E-state index < -0.39 is 5.82 Å². The van der Waals surface area contributed by atoms with Crippen LogP contribution in [0.15, 0.2) is 60.8 Å². The van der Waals surface area contributed by atoms with Crippen molar-refractivity contribution in [1.29, 1.82) is 0 Å². The molecular weight excluding hydrogens is 323 g/mol. The predicted molar refractivity (Wildman–Crippen MR) is 90.2 cm³/mol. The van der Waals surface area contributed by atoms with Gasteiger partial charge in [0.2, 0.25) is 0 Å². The van der Waals surface area contributed by atoms with Gasteiger partial charge in [0.15, 0.2) is 17.3 Å². The lowest BCUT2D eigenvalue weighted by Crippen LogP contribution is -2.31. The average Bonchev–Trinajstić information content (AvgIpc) is 3.13. The number of para-hydroxylation sites is 2. The fraction of sp³-hybridized carbons (Fsp3) is 0.167. The number of carbonyl (C=O) groups is 1. The summed E-state index contributed by atoms with van der Waals surface area (Å²) in [7, 11) is 1.63. The maximum atomic E-state index is 13.5. The van der Waals surface area contributed by atoms with Gasteiger partial charge >= 0.3 is 0 Å². The molecule has 0 aliphatic heterocycles. The van der Waals surface area contributed by atoms with E-state index in [-0.39, 0.29) is 24.0 Å². The highest BCUT2D eigenvalue weighted by Crippen LogP contribution is 2.15. The molecule has 3 rings (SSSR count). The monoisotopic (exact) mass is 340 g/mol. The molecule has 7 heteroatoms. The van der Waals surface area contributed by atoms with Crippen LogP contribution in [0, 0.1) is 5.82 Å². The molecule has 0 saturated heterocycles. The third kappa shape index (κ3) is 4.00. The Hall–Kier alpha value is -3.22. The fourth-order valence-corrected chi connectivity index (χ4v) is 2.22. The maximum Gasteiger partial charge on any atom is 0.275 e. The van der Waals surface area contributed by atoms with E-state index in [0.29, 0.717) is 6.54 Å². The first kappa shape index (κ1) is 16.6. The van der Waals surface area contributed by atoms with Crippen LogP contribution >= 0.6 is 0 Å². The zero-order valence-corrected chi connectivity index (χ0v) is 13.7. The van der Waals surface area contributed by atoms with Crippen LogP contribution in [0.5, 0.6) is 5.75 Å². The summed E-state index contributed by atoms with van der Waals surface area (Å²) in [6, 6.07) is 15.5. The lowest BCUT2D eigenvalue weighted by atomic mass is 10.3. The number of likely N-dealkylation sites (N-methyl/N-ethyl adjacent to an activating group) is 1. The smallest absolute Gasteiger partial charge is 0.275 e. The van der Waals surface area contributed by atoms with Gasteiger partial charge in [-0.2, -0.15) is 0 Å². The minimum absolute atomic E-state index is 0.165. The maximum absolute atomic E-state index is 13.5. The van der Waals surface area contributed by atoms with E-state index in [0.717, 1.165) is 5.69 Å². The molecule has 3 aromatic rings. The Morgan fingerprint density at radius 2 is 1.88 bits per heavy atom. The van der Waals surface area contributed by atoms with Crippen LogP contribution in [0.2, 0.25) is 0 Å². The molecule has 1 aromatic heterocycles. The zero-order chi connectivity index (χ0) is 17.6. The van der Waals surface area contributed by atoms with Crippen LogP contribution in [0.25, 0.3) is 5.69 Å². The first-order valence-corrected chi connectivity index (χ1v) is 7.76. The number of benzene rings is 2. The molecule has 0 aliphatic rings. The predicted octanol–water partition coefficient (Wildman–Crippen LogP) is 2.56. The van der Waals surface area contributed by atoms with Crippen LogP contribution in [0.4, 0.5) is 4.39 Å². The normalized spacial score (nSPS) is 10.5. The number of amides is 1. The number of rotatable bonds is 6. The van der Waals surface area contributed by atoms with Gasteiger partial charge in [-0.05, 0) is 24.3 Å². The summed E-state index contributed by atoms with van der Waals surface area (Å²) in [6.45, 7) is 0.474. The molecular formula is C18H17FN4O2. The van der Waals surface area contributed by atoms with Crippen LogP contribution in [-0.4, -0.2) is 46.0 Å². The molecule has 0 fully saturated rings. The molecule has 0 saturated carbocycles. The average molecular weight is 340 g/mol. The van der Waals surface area contributed by atoms with Crippen molar-refractivity contribution in [2.24, 2.45) is 0 Å². The largest absolute Gasteiger partial charge is 0.489 e. The first-order chi connectivity index (χ1) is 12.1. The Morgan fingerprint density at radius 1 is 1.16 bits per heavy atom. The van der Waals surface area contributed by atoms with Crippen molar-refractivity contribution in [3.8, 4) is 11.4 Å². The van der Waals surface area contributed by atoms with Crippen molar-refractivity contribution in [2.45, 2.75) is 0 Å². The number of hydrogen-bond acceptors (Lipinski definition) is 4. The van der Waals surface area contributed by atoms with Gasteiger partial charge in [0, 0.05) is 7.05 Å². The molecule has 1 heterocycles. The summed E-state index contributed by atoms with van der Waals surface area (Å²) >= 11 is 0. The summed E-state index contributed by atoms with van der Waals surface area (Å²) in [5, 5.41) is 7.88. The third-order valence-electron chi connectivity index (χ3n) is 3.60. The molecule has 0 bridgehead atoms. The second-order valence-electron chi connectivity index (χ2n) is 5.39. The highest BCUT2D eigenvalue weighted by molar-refractivity contribution is 5.91. The SMILES string of the molecule is CN(CCOc1ccccc1F)C(=O)c1cn(-c2ccccc2)nn1. The van der Waals surface area contributed by atoms with Crippen molar-refractivity contribution in [3.63, 3.8) is 0 Å². The van der Waals surface area contributed by atoms with E-state index in [1.54, 1.807) is 31.4 Å². The lowest BCUT2D eigenvalue weighted by molar-refractivity contribution is 0.0767. The van der Waals surface area contributed by atoms with Crippen LogP contribution in [0.1, 0.15) is 10.5 Å². The second-order valence-corrected chi connectivity index (χ2v) is 5.39. The van der Waals surface area contributed by atoms with E-state index >= 15 is 0 Å². The van der Waals surface area contributed by atoms with Gasteiger partial charge in [-0.25, -0.2) is 9.07 Å². The Morgan fingerprint density at radius 3 is 2.64 bits per heavy atom. The molecule has 1 amide bonds. The van der Waals surface area contributed by atoms with Gasteiger partial charge in [-0.1, -0.05) is 35.5 Å². The molecule has 6 nitrogen and oxygen atoms in total. The Bertz CT molecular complexity index is 851. The quantitative estimate of drug-likeness (QED) is 0.692. The minimum Gasteiger partial charge on any atom is -0.489 e. The number of hydrogen-bond donors (Lipinski definition) is 0. The van der Waals surface area contributed by atoms with Gasteiger partial charge in [-0.15, -0.1) is 5.10 Å². The highest BCUT2D eigenvalue weighted by atomic mass is 19.1. The van der Waals surface area contributed by atoms with Gasteiger partial charge in [0.1, 0.15) is 6.61 Å². The van der Waals surface area contributed by atoms with Crippen molar-refractivity contribution >= 4 is 5.91 Å². The molecule has 0 spiro atoms. The fourth-order valence-electron chi connectivity index (χ4n) is 2.22. The molecule has 0 unspecified atom stereocenters. The summed E-state index contributed by atoms with van der Waals surface area (Å²) in [6.07, 6.45) is 1.58. The van der Waals surface area contributed by atoms with Crippen LogP contribution < -0.4 is 4.74 Å². The third-order valence-corrected chi connectivity index (χ3v) is 3.60. The summed E-state index contributed by atoms with van der Waals surface area (Å²) in [5.74, 6) is -0.542. The van der Waals surface area contributed by atoms with Crippen molar-refractivity contribution in [3.05, 3.63) is 72.3 Å². The van der Waals surface area contributed by atoms with Gasteiger partial charge in [-0.3, -0.25) is 4.79 Å². The van der Waals surface area contributed by atoms with Crippen molar-refractivity contribution < 1.29 is 13.9 Å². The first-order valence-electron chi connectivity index (χ1n) is 7.76. The van der Waals surface area contributed by atoms with Gasteiger partial charge < -0.3 is 9.64 Å². The van der Waals surface area contributed by atoms with E-state index in [4.69, 9.17) is 4.74 Å². The van der Waals surface area contributed by atoms with Crippen molar-refractivity contribution in [1.82, 2.24) is 19.9 Å². The topological polar surface area (TPSA) is 60.2 Å². The number of ether oxygens (including phenoxy) is 1. The molecule has 2 aromatic carbocycles. The summed E-state index contributed by atoms with van der Waals surface area (Å²) < 4.78 is 20.4. The highest BCUT2D eigenvalue weighted by Gasteiger charge is 2.16. The Kier molecular flexibility index (Phi) is 5.03. The number of halogens is 1. The van der Waals surface area contributed by atoms with E-state index in [1.165, 1.54) is 15.6 Å². The number of nitrogens with zero attached hydrogens (tertiary/aromatic N) is 4. The number of aromatic nitrogens is 3. The zero-order valence-electron chi connectivity index (χ0n) is 13.7. The van der Waals surface area contributed by atoms with Crippen molar-refractivity contribution in [2.75, 3.05) is 20.2 Å². The minimum atomic E-state index is -0.428. The van der Waals surface area contributed by atoms with E-state index in [9.17, 15) is 9.18 Å². The van der Waals surface area contributed by atoms with E-state index in [2.05, 4.69) is 10.3 Å². The molecule has 25 heavy (non-hydrogen) atoms. The Labute approximate surface area is 144 Å². The van der Waals surface area contributed by atoms with Crippen LogP contribution in [0.3, 0.4) is 0 Å². The molecule has 0 N–H and O–H groups in total. The molecule has 0 radical (unpaired) electrons. The van der Waals surface area contributed by atoms with Gasteiger partial charge in [0.25, 0.3) is 5.91 Å². The lowest BCUT2D eigenvalue weighted by Gasteiger charge is -2.16. The molecule has 0 aliphatic carbocycles. The summed E-state index contributed by atoms with van der Waals surface area (Å²) in [5.41, 5.74) is 1.05. The molecule has 0 atom stereocenters. The van der Waals surface area contributed by atoms with Gasteiger partial charge in [0.05, 0.1) is 18.4 Å². The van der Waals surface area contributed by atoms with Crippen LogP contribution in [-0.2, 0) is 0 Å². The molecule has 128 valence electrons. The Balaban J connectivity index is 1.57. The number of carbonyl (C=O) groups excluding carboxylic acids is 1. The second kappa shape index (κ2) is 7.57. The van der Waals surface area contributed by atoms with E-state index in [1.807, 2.05) is 30.3 Å².